The third-order valence-corrected chi connectivity index (χ3v) is 3.55. The number of hydrogen-bond donors (Lipinski definition) is 2. The number of hydrogen-bond acceptors (Lipinski definition) is 4. The number of halogens is 5. The Morgan fingerprint density at radius 2 is 1.91 bits per heavy atom. The number of rotatable bonds is 5. The summed E-state index contributed by atoms with van der Waals surface area (Å²) in [7, 11) is 0. The zero-order valence-corrected chi connectivity index (χ0v) is 13.1. The Kier molecular flexibility index (Phi) is 7.53. The molecule has 4 nitrogen and oxygen atoms in total. The molecule has 0 spiro atoms. The quantitative estimate of drug-likeness (QED) is 0.794. The Hall–Kier alpha value is -1.09. The Bertz CT molecular complexity index is 496. The number of nitrogens with zero attached hydrogens (tertiary/aromatic N) is 1. The van der Waals surface area contributed by atoms with E-state index in [0.717, 1.165) is 18.2 Å². The van der Waals surface area contributed by atoms with Gasteiger partial charge in [0.2, 0.25) is 0 Å². The van der Waals surface area contributed by atoms with E-state index in [1.165, 1.54) is 0 Å². The third-order valence-electron chi connectivity index (χ3n) is 3.55. The number of nitrogens with one attached hydrogen (secondary N) is 1. The first-order valence-corrected chi connectivity index (χ1v) is 7.01. The lowest BCUT2D eigenvalue weighted by Gasteiger charge is -2.35. The molecule has 1 heterocycles. The second kappa shape index (κ2) is 8.68. The number of aliphatic hydroxyl groups is 1. The smallest absolute Gasteiger partial charge is 0.406 e. The van der Waals surface area contributed by atoms with Crippen molar-refractivity contribution < 1.29 is 27.4 Å². The molecule has 0 saturated carbocycles. The fraction of sp³-hybridized carbons (Fsp3) is 0.571. The van der Waals surface area contributed by atoms with Crippen LogP contribution in [0.25, 0.3) is 0 Å². The summed E-state index contributed by atoms with van der Waals surface area (Å²) in [5, 5.41) is 12.3. The molecule has 0 unspecified atom stereocenters. The topological polar surface area (TPSA) is 44.7 Å². The minimum Gasteiger partial charge on any atom is -0.406 e. The zero-order valence-electron chi connectivity index (χ0n) is 12.3. The summed E-state index contributed by atoms with van der Waals surface area (Å²) in [5.74, 6) is -1.06. The molecule has 0 aliphatic carbocycles. The van der Waals surface area contributed by atoms with Crippen molar-refractivity contribution in [3.05, 3.63) is 29.6 Å². The zero-order chi connectivity index (χ0) is 16.2. The van der Waals surface area contributed by atoms with E-state index in [-0.39, 0.29) is 31.0 Å². The molecule has 1 aliphatic rings. The third kappa shape index (κ3) is 5.80. The van der Waals surface area contributed by atoms with Gasteiger partial charge < -0.3 is 15.2 Å². The molecule has 1 aromatic rings. The SMILES string of the molecule is Cl.OCC[C@@H](c1cc(OC(F)(F)F)ccc1F)N1CCNCC1. The first-order valence-electron chi connectivity index (χ1n) is 7.01. The summed E-state index contributed by atoms with van der Waals surface area (Å²) in [6, 6.07) is 2.48. The summed E-state index contributed by atoms with van der Waals surface area (Å²) in [6.07, 6.45) is -4.58. The fourth-order valence-electron chi connectivity index (χ4n) is 2.63. The van der Waals surface area contributed by atoms with Gasteiger partial charge in [0.25, 0.3) is 0 Å². The largest absolute Gasteiger partial charge is 0.573 e. The van der Waals surface area contributed by atoms with Crippen molar-refractivity contribution >= 4 is 12.4 Å². The van der Waals surface area contributed by atoms with Crippen molar-refractivity contribution in [3.8, 4) is 5.75 Å². The predicted molar refractivity (Wildman–Crippen MR) is 79.2 cm³/mol. The molecule has 1 saturated heterocycles. The highest BCUT2D eigenvalue weighted by molar-refractivity contribution is 5.85. The Morgan fingerprint density at radius 1 is 1.26 bits per heavy atom. The van der Waals surface area contributed by atoms with Gasteiger partial charge in [0, 0.05) is 44.4 Å². The maximum absolute atomic E-state index is 14.1. The monoisotopic (exact) mass is 358 g/mol. The highest BCUT2D eigenvalue weighted by Crippen LogP contribution is 2.31. The van der Waals surface area contributed by atoms with Crippen LogP contribution in [0.3, 0.4) is 0 Å². The molecule has 9 heteroatoms. The molecular weight excluding hydrogens is 340 g/mol. The summed E-state index contributed by atoms with van der Waals surface area (Å²) in [5.41, 5.74) is 0.109. The molecule has 1 aliphatic heterocycles. The van der Waals surface area contributed by atoms with Gasteiger partial charge in [-0.3, -0.25) is 4.90 Å². The number of ether oxygens (including phenoxy) is 1. The van der Waals surface area contributed by atoms with Crippen LogP contribution in [0.5, 0.6) is 5.75 Å². The van der Waals surface area contributed by atoms with Gasteiger partial charge in [0.15, 0.2) is 0 Å². The second-order valence-electron chi connectivity index (χ2n) is 5.05. The van der Waals surface area contributed by atoms with Crippen molar-refractivity contribution in [1.82, 2.24) is 10.2 Å². The highest BCUT2D eigenvalue weighted by Gasteiger charge is 2.32. The number of alkyl halides is 3. The summed E-state index contributed by atoms with van der Waals surface area (Å²) >= 11 is 0. The van der Waals surface area contributed by atoms with Gasteiger partial charge in [-0.1, -0.05) is 0 Å². The Morgan fingerprint density at radius 3 is 2.48 bits per heavy atom. The van der Waals surface area contributed by atoms with Gasteiger partial charge in [-0.05, 0) is 24.6 Å². The Balaban J connectivity index is 0.00000264. The van der Waals surface area contributed by atoms with E-state index in [1.807, 2.05) is 4.90 Å². The second-order valence-corrected chi connectivity index (χ2v) is 5.05. The van der Waals surface area contributed by atoms with Crippen molar-refractivity contribution in [3.63, 3.8) is 0 Å². The molecule has 0 amide bonds. The van der Waals surface area contributed by atoms with Gasteiger partial charge in [-0.25, -0.2) is 4.39 Å². The van der Waals surface area contributed by atoms with Crippen LogP contribution in [0.1, 0.15) is 18.0 Å². The number of benzene rings is 1. The van der Waals surface area contributed by atoms with Crippen LogP contribution in [-0.2, 0) is 0 Å². The predicted octanol–water partition coefficient (Wildman–Crippen LogP) is 2.47. The standard InChI is InChI=1S/C14H18F4N2O2.ClH/c15-12-2-1-10(22-14(16,17)18)9-11(12)13(3-8-21)20-6-4-19-5-7-20;/h1-2,9,13,19,21H,3-8H2;1H/t13-;/m0./s1. The normalized spacial score (nSPS) is 17.4. The lowest BCUT2D eigenvalue weighted by molar-refractivity contribution is -0.274. The minimum atomic E-state index is -4.82. The molecule has 0 bridgehead atoms. The van der Waals surface area contributed by atoms with Crippen LogP contribution in [-0.4, -0.2) is 49.2 Å². The first kappa shape index (κ1) is 20.0. The van der Waals surface area contributed by atoms with Crippen molar-refractivity contribution in [2.75, 3.05) is 32.8 Å². The average Bonchev–Trinajstić information content (AvgIpc) is 2.46. The van der Waals surface area contributed by atoms with E-state index in [4.69, 9.17) is 0 Å². The number of piperazine rings is 1. The lowest BCUT2D eigenvalue weighted by Crippen LogP contribution is -2.45. The molecule has 1 aromatic carbocycles. The van der Waals surface area contributed by atoms with Gasteiger partial charge in [0.1, 0.15) is 11.6 Å². The van der Waals surface area contributed by atoms with Gasteiger partial charge >= 0.3 is 6.36 Å². The molecule has 23 heavy (non-hydrogen) atoms. The van der Waals surface area contributed by atoms with E-state index < -0.39 is 24.0 Å². The average molecular weight is 359 g/mol. The maximum atomic E-state index is 14.1. The van der Waals surface area contributed by atoms with Crippen LogP contribution >= 0.6 is 12.4 Å². The maximum Gasteiger partial charge on any atom is 0.573 e. The van der Waals surface area contributed by atoms with E-state index in [0.29, 0.717) is 26.2 Å². The van der Waals surface area contributed by atoms with E-state index in [9.17, 15) is 22.7 Å². The van der Waals surface area contributed by atoms with Crippen molar-refractivity contribution in [2.24, 2.45) is 0 Å². The van der Waals surface area contributed by atoms with E-state index in [1.54, 1.807) is 0 Å². The summed E-state index contributed by atoms with van der Waals surface area (Å²) in [4.78, 5) is 1.95. The van der Waals surface area contributed by atoms with Crippen LogP contribution in [0, 0.1) is 5.82 Å². The number of aliphatic hydroxyl groups excluding tert-OH is 1. The van der Waals surface area contributed by atoms with Crippen molar-refractivity contribution in [2.45, 2.75) is 18.8 Å². The lowest BCUT2D eigenvalue weighted by atomic mass is 10.0. The van der Waals surface area contributed by atoms with Gasteiger partial charge in [0.05, 0.1) is 0 Å². The molecule has 1 fully saturated rings. The molecule has 132 valence electrons. The molecular formula is C14H19ClF4N2O2. The highest BCUT2D eigenvalue weighted by atomic mass is 35.5. The molecule has 0 radical (unpaired) electrons. The first-order chi connectivity index (χ1) is 10.4. The van der Waals surface area contributed by atoms with Gasteiger partial charge in [-0.15, -0.1) is 25.6 Å². The van der Waals surface area contributed by atoms with Crippen LogP contribution in [0.2, 0.25) is 0 Å². The molecule has 1 atom stereocenters. The summed E-state index contributed by atoms with van der Waals surface area (Å²) in [6.45, 7) is 2.51. The molecule has 2 rings (SSSR count). The van der Waals surface area contributed by atoms with E-state index >= 15 is 0 Å². The van der Waals surface area contributed by atoms with Crippen LogP contribution in [0.4, 0.5) is 17.6 Å². The molecule has 0 aromatic heterocycles. The molecule has 2 N–H and O–H groups in total. The van der Waals surface area contributed by atoms with Gasteiger partial charge in [-0.2, -0.15) is 0 Å². The fourth-order valence-corrected chi connectivity index (χ4v) is 2.63. The summed E-state index contributed by atoms with van der Waals surface area (Å²) < 4.78 is 54.8. The van der Waals surface area contributed by atoms with Crippen LogP contribution < -0.4 is 10.1 Å². The minimum absolute atomic E-state index is 0. The van der Waals surface area contributed by atoms with Crippen molar-refractivity contribution in [1.29, 1.82) is 0 Å². The van der Waals surface area contributed by atoms with E-state index in [2.05, 4.69) is 10.1 Å². The van der Waals surface area contributed by atoms with Crippen LogP contribution in [0.15, 0.2) is 18.2 Å². The Labute approximate surface area is 137 Å².